The lowest BCUT2D eigenvalue weighted by Crippen LogP contribution is -2.12. The van der Waals surface area contributed by atoms with Gasteiger partial charge in [-0.1, -0.05) is 29.8 Å². The second kappa shape index (κ2) is 7.61. The van der Waals surface area contributed by atoms with Gasteiger partial charge in [-0.3, -0.25) is 4.79 Å². The van der Waals surface area contributed by atoms with E-state index in [1.54, 1.807) is 25.3 Å². The van der Waals surface area contributed by atoms with Crippen LogP contribution < -0.4 is 10.1 Å². The predicted octanol–water partition coefficient (Wildman–Crippen LogP) is 3.07. The molecule has 0 aliphatic rings. The molecule has 0 atom stereocenters. The molecule has 0 aliphatic heterocycles. The lowest BCUT2D eigenvalue weighted by atomic mass is 10.1. The molecule has 0 saturated heterocycles. The van der Waals surface area contributed by atoms with Gasteiger partial charge in [-0.25, -0.2) is 0 Å². The van der Waals surface area contributed by atoms with Crippen molar-refractivity contribution in [2.24, 2.45) is 0 Å². The van der Waals surface area contributed by atoms with Crippen LogP contribution in [-0.2, 0) is 17.8 Å². The molecule has 0 aliphatic carbocycles. The molecule has 0 radical (unpaired) electrons. The molecule has 0 aromatic heterocycles. The second-order valence-corrected chi connectivity index (χ2v) is 5.22. The molecule has 0 fully saturated rings. The molecule has 2 aromatic carbocycles. The van der Waals surface area contributed by atoms with Crippen molar-refractivity contribution in [2.75, 3.05) is 12.4 Å². The summed E-state index contributed by atoms with van der Waals surface area (Å²) in [5, 5.41) is 12.1. The van der Waals surface area contributed by atoms with E-state index in [2.05, 4.69) is 5.32 Å². The maximum absolute atomic E-state index is 12.0. The van der Waals surface area contributed by atoms with Gasteiger partial charge in [-0.15, -0.1) is 0 Å². The zero-order valence-corrected chi connectivity index (χ0v) is 12.9. The summed E-state index contributed by atoms with van der Waals surface area (Å²) in [5.41, 5.74) is 3.67. The molecular formula is C18H21NO3. The molecule has 4 nitrogen and oxygen atoms in total. The van der Waals surface area contributed by atoms with Gasteiger partial charge in [0.05, 0.1) is 13.7 Å². The van der Waals surface area contributed by atoms with E-state index in [0.29, 0.717) is 29.8 Å². The lowest BCUT2D eigenvalue weighted by molar-refractivity contribution is -0.116. The number of nitrogens with one attached hydrogen (secondary N) is 1. The van der Waals surface area contributed by atoms with Crippen molar-refractivity contribution < 1.29 is 14.6 Å². The number of benzene rings is 2. The quantitative estimate of drug-likeness (QED) is 0.862. The summed E-state index contributed by atoms with van der Waals surface area (Å²) in [5.74, 6) is 0.565. The predicted molar refractivity (Wildman–Crippen MR) is 87.0 cm³/mol. The third-order valence-corrected chi connectivity index (χ3v) is 3.50. The Balaban J connectivity index is 1.93. The second-order valence-electron chi connectivity index (χ2n) is 5.22. The van der Waals surface area contributed by atoms with E-state index in [0.717, 1.165) is 5.56 Å². The Hall–Kier alpha value is -2.33. The number of aryl methyl sites for hydroxylation is 2. The van der Waals surface area contributed by atoms with Crippen molar-refractivity contribution in [2.45, 2.75) is 26.4 Å². The van der Waals surface area contributed by atoms with Crippen LogP contribution in [0.25, 0.3) is 0 Å². The molecular weight excluding hydrogens is 278 g/mol. The van der Waals surface area contributed by atoms with Gasteiger partial charge in [0.1, 0.15) is 5.75 Å². The first-order valence-corrected chi connectivity index (χ1v) is 7.25. The Morgan fingerprint density at radius 2 is 1.91 bits per heavy atom. The van der Waals surface area contributed by atoms with E-state index in [1.807, 2.05) is 31.2 Å². The molecule has 2 aromatic rings. The van der Waals surface area contributed by atoms with E-state index in [-0.39, 0.29) is 12.5 Å². The van der Waals surface area contributed by atoms with E-state index < -0.39 is 0 Å². The van der Waals surface area contributed by atoms with E-state index in [1.165, 1.54) is 5.56 Å². The van der Waals surface area contributed by atoms with Gasteiger partial charge in [0, 0.05) is 17.7 Å². The monoisotopic (exact) mass is 299 g/mol. The molecule has 0 heterocycles. The zero-order chi connectivity index (χ0) is 15.9. The van der Waals surface area contributed by atoms with Crippen LogP contribution in [0.15, 0.2) is 42.5 Å². The number of aliphatic hydroxyl groups excluding tert-OH is 1. The summed E-state index contributed by atoms with van der Waals surface area (Å²) in [6, 6.07) is 13.4. The van der Waals surface area contributed by atoms with Gasteiger partial charge in [0.25, 0.3) is 0 Å². The van der Waals surface area contributed by atoms with E-state index in [4.69, 9.17) is 4.74 Å². The number of hydrogen-bond donors (Lipinski definition) is 2. The number of carbonyl (C=O) groups is 1. The van der Waals surface area contributed by atoms with E-state index >= 15 is 0 Å². The summed E-state index contributed by atoms with van der Waals surface area (Å²) in [6.45, 7) is 1.91. The first-order chi connectivity index (χ1) is 10.6. The maximum Gasteiger partial charge on any atom is 0.224 e. The normalized spacial score (nSPS) is 10.3. The van der Waals surface area contributed by atoms with Crippen molar-refractivity contribution >= 4 is 11.6 Å². The van der Waals surface area contributed by atoms with Crippen LogP contribution in [0, 0.1) is 6.92 Å². The average molecular weight is 299 g/mol. The van der Waals surface area contributed by atoms with Crippen LogP contribution in [0.2, 0.25) is 0 Å². The molecule has 22 heavy (non-hydrogen) atoms. The third kappa shape index (κ3) is 4.33. The van der Waals surface area contributed by atoms with Crippen molar-refractivity contribution in [3.8, 4) is 5.75 Å². The Morgan fingerprint density at radius 1 is 1.18 bits per heavy atom. The van der Waals surface area contributed by atoms with Crippen molar-refractivity contribution in [3.63, 3.8) is 0 Å². The van der Waals surface area contributed by atoms with Gasteiger partial charge < -0.3 is 15.2 Å². The van der Waals surface area contributed by atoms with Gasteiger partial charge >= 0.3 is 0 Å². The van der Waals surface area contributed by atoms with Gasteiger partial charge in [0.15, 0.2) is 0 Å². The number of carbonyl (C=O) groups excluding carboxylic acids is 1. The van der Waals surface area contributed by atoms with Crippen LogP contribution in [0.3, 0.4) is 0 Å². The summed E-state index contributed by atoms with van der Waals surface area (Å²) in [7, 11) is 1.55. The Bertz CT molecular complexity index is 635. The van der Waals surface area contributed by atoms with Crippen molar-refractivity contribution in [3.05, 3.63) is 59.2 Å². The first kappa shape index (κ1) is 16.0. The Labute approximate surface area is 130 Å². The highest BCUT2D eigenvalue weighted by Gasteiger charge is 2.07. The summed E-state index contributed by atoms with van der Waals surface area (Å²) in [4.78, 5) is 12.0. The minimum atomic E-state index is -0.129. The highest BCUT2D eigenvalue weighted by molar-refractivity contribution is 5.91. The fraction of sp³-hybridized carbons (Fsp3) is 0.278. The fourth-order valence-corrected chi connectivity index (χ4v) is 2.22. The van der Waals surface area contributed by atoms with Gasteiger partial charge in [-0.2, -0.15) is 0 Å². The highest BCUT2D eigenvalue weighted by atomic mass is 16.5. The molecule has 0 unspecified atom stereocenters. The Morgan fingerprint density at radius 3 is 2.55 bits per heavy atom. The number of methoxy groups -OCH3 is 1. The number of anilines is 1. The topological polar surface area (TPSA) is 58.6 Å². The fourth-order valence-electron chi connectivity index (χ4n) is 2.22. The molecule has 0 bridgehead atoms. The number of amides is 1. The standard InChI is InChI=1S/C18H21NO3/c1-13-3-5-14(6-4-13)7-10-18(21)19-16-8-9-17(22-2)15(11-16)12-20/h3-6,8-9,11,20H,7,10,12H2,1-2H3,(H,19,21). The summed E-state index contributed by atoms with van der Waals surface area (Å²) >= 11 is 0. The molecule has 1 amide bonds. The molecule has 2 rings (SSSR count). The smallest absolute Gasteiger partial charge is 0.224 e. The van der Waals surface area contributed by atoms with Crippen LogP contribution in [-0.4, -0.2) is 18.1 Å². The third-order valence-electron chi connectivity index (χ3n) is 3.50. The van der Waals surface area contributed by atoms with E-state index in [9.17, 15) is 9.90 Å². The molecule has 0 saturated carbocycles. The minimum Gasteiger partial charge on any atom is -0.496 e. The minimum absolute atomic E-state index is 0.0466. The zero-order valence-electron chi connectivity index (χ0n) is 12.9. The maximum atomic E-state index is 12.0. The number of ether oxygens (including phenoxy) is 1. The largest absolute Gasteiger partial charge is 0.496 e. The van der Waals surface area contributed by atoms with Gasteiger partial charge in [0.2, 0.25) is 5.91 Å². The number of hydrogen-bond acceptors (Lipinski definition) is 3. The first-order valence-electron chi connectivity index (χ1n) is 7.25. The number of rotatable bonds is 6. The SMILES string of the molecule is COc1ccc(NC(=O)CCc2ccc(C)cc2)cc1CO. The van der Waals surface area contributed by atoms with Crippen LogP contribution in [0.5, 0.6) is 5.75 Å². The summed E-state index contributed by atoms with van der Waals surface area (Å²) < 4.78 is 5.14. The van der Waals surface area contributed by atoms with Crippen LogP contribution >= 0.6 is 0 Å². The molecule has 0 spiro atoms. The lowest BCUT2D eigenvalue weighted by Gasteiger charge is -2.10. The number of aliphatic hydroxyl groups is 1. The van der Waals surface area contributed by atoms with Crippen LogP contribution in [0.4, 0.5) is 5.69 Å². The molecule has 2 N–H and O–H groups in total. The van der Waals surface area contributed by atoms with Gasteiger partial charge in [-0.05, 0) is 37.1 Å². The molecule has 116 valence electrons. The summed E-state index contributed by atoms with van der Waals surface area (Å²) in [6.07, 6.45) is 1.12. The van der Waals surface area contributed by atoms with Crippen molar-refractivity contribution in [1.29, 1.82) is 0 Å². The highest BCUT2D eigenvalue weighted by Crippen LogP contribution is 2.22. The van der Waals surface area contributed by atoms with Crippen LogP contribution in [0.1, 0.15) is 23.1 Å². The molecule has 4 heteroatoms. The average Bonchev–Trinajstić information content (AvgIpc) is 2.54. The Kier molecular flexibility index (Phi) is 5.55. The van der Waals surface area contributed by atoms with Crippen molar-refractivity contribution in [1.82, 2.24) is 0 Å².